The first-order valence-corrected chi connectivity index (χ1v) is 5.68. The van der Waals surface area contributed by atoms with Crippen molar-refractivity contribution < 1.29 is 32.2 Å². The first-order chi connectivity index (χ1) is 8.64. The fraction of sp³-hybridized carbons (Fsp3) is 0.818. The fourth-order valence-corrected chi connectivity index (χ4v) is 1.49. The number of ether oxygens (including phenoxy) is 2. The lowest BCUT2D eigenvalue weighted by Gasteiger charge is -2.29. The van der Waals surface area contributed by atoms with Gasteiger partial charge in [0.1, 0.15) is 6.04 Å². The van der Waals surface area contributed by atoms with Gasteiger partial charge in [-0.15, -0.1) is 0 Å². The van der Waals surface area contributed by atoms with Gasteiger partial charge in [-0.2, -0.15) is 13.2 Å². The van der Waals surface area contributed by atoms with Crippen LogP contribution in [0.1, 0.15) is 20.3 Å². The molecule has 19 heavy (non-hydrogen) atoms. The maximum absolute atomic E-state index is 12.0. The molecule has 0 aliphatic carbocycles. The maximum Gasteiger partial charge on any atom is 0.422 e. The van der Waals surface area contributed by atoms with Gasteiger partial charge in [-0.05, 0) is 5.92 Å². The van der Waals surface area contributed by atoms with Gasteiger partial charge in [0.2, 0.25) is 0 Å². The zero-order valence-electron chi connectivity index (χ0n) is 11.3. The quantitative estimate of drug-likeness (QED) is 0.727. The molecule has 0 aromatic heterocycles. The Bertz CT molecular complexity index is 320. The van der Waals surface area contributed by atoms with Crippen LogP contribution in [0, 0.1) is 5.92 Å². The highest BCUT2D eigenvalue weighted by Gasteiger charge is 2.36. The second-order valence-corrected chi connectivity index (χ2v) is 4.13. The lowest BCUT2D eigenvalue weighted by Crippen LogP contribution is -2.47. The summed E-state index contributed by atoms with van der Waals surface area (Å²) in [6.07, 6.45) is -4.92. The number of hydrogen-bond donors (Lipinski definition) is 0. The summed E-state index contributed by atoms with van der Waals surface area (Å²) in [6, 6.07) is -1.11. The predicted molar refractivity (Wildman–Crippen MR) is 60.4 cm³/mol. The molecule has 0 aromatic rings. The van der Waals surface area contributed by atoms with Crippen LogP contribution in [0.5, 0.6) is 0 Å². The lowest BCUT2D eigenvalue weighted by atomic mass is 9.98. The number of carbonyl (C=O) groups excluding carboxylic acids is 2. The second kappa shape index (κ2) is 7.20. The van der Waals surface area contributed by atoms with Crippen LogP contribution in [0.2, 0.25) is 0 Å². The van der Waals surface area contributed by atoms with Crippen molar-refractivity contribution in [1.82, 2.24) is 4.90 Å². The van der Waals surface area contributed by atoms with E-state index in [2.05, 4.69) is 9.47 Å². The Morgan fingerprint density at radius 3 is 2.21 bits per heavy atom. The molecule has 0 bridgehead atoms. The van der Waals surface area contributed by atoms with E-state index in [1.165, 1.54) is 7.05 Å². The van der Waals surface area contributed by atoms with Crippen LogP contribution < -0.4 is 0 Å². The Labute approximate surface area is 109 Å². The van der Waals surface area contributed by atoms with E-state index in [1.54, 1.807) is 13.8 Å². The van der Waals surface area contributed by atoms with Crippen LogP contribution >= 0.6 is 0 Å². The minimum atomic E-state index is -4.60. The number of nitrogens with zero attached hydrogens (tertiary/aromatic N) is 1. The molecule has 0 saturated carbocycles. The van der Waals surface area contributed by atoms with Gasteiger partial charge in [0, 0.05) is 7.05 Å². The summed E-state index contributed by atoms with van der Waals surface area (Å²) in [4.78, 5) is 24.0. The molecular formula is C11H18F3NO4. The molecular weight excluding hydrogens is 267 g/mol. The minimum absolute atomic E-state index is 0.357. The van der Waals surface area contributed by atoms with Crippen molar-refractivity contribution in [3.63, 3.8) is 0 Å². The van der Waals surface area contributed by atoms with Crippen LogP contribution in [0.25, 0.3) is 0 Å². The molecule has 0 spiro atoms. The zero-order chi connectivity index (χ0) is 15.2. The first-order valence-electron chi connectivity index (χ1n) is 5.68. The van der Waals surface area contributed by atoms with Crippen LogP contribution in [-0.2, 0) is 14.3 Å². The van der Waals surface area contributed by atoms with Crippen molar-refractivity contribution in [1.29, 1.82) is 0 Å². The Hall–Kier alpha value is -1.47. The second-order valence-electron chi connectivity index (χ2n) is 4.13. The van der Waals surface area contributed by atoms with Gasteiger partial charge in [-0.1, -0.05) is 20.3 Å². The number of carbonyl (C=O) groups is 2. The van der Waals surface area contributed by atoms with Crippen molar-refractivity contribution in [3.05, 3.63) is 0 Å². The molecule has 0 aromatic carbocycles. The summed E-state index contributed by atoms with van der Waals surface area (Å²) in [5.41, 5.74) is 0. The molecule has 2 atom stereocenters. The van der Waals surface area contributed by atoms with E-state index in [1.807, 2.05) is 0 Å². The Kier molecular flexibility index (Phi) is 6.64. The average Bonchev–Trinajstić information content (AvgIpc) is 2.34. The molecule has 2 unspecified atom stereocenters. The number of amides is 1. The molecule has 0 N–H and O–H groups in total. The third kappa shape index (κ3) is 5.80. The summed E-state index contributed by atoms with van der Waals surface area (Å²) in [5.74, 6) is -1.45. The number of methoxy groups -OCH3 is 1. The molecule has 0 heterocycles. The van der Waals surface area contributed by atoms with Crippen molar-refractivity contribution in [2.75, 3.05) is 20.8 Å². The van der Waals surface area contributed by atoms with E-state index in [4.69, 9.17) is 0 Å². The van der Waals surface area contributed by atoms with Crippen molar-refractivity contribution in [2.24, 2.45) is 5.92 Å². The summed E-state index contributed by atoms with van der Waals surface area (Å²) >= 11 is 0. The summed E-state index contributed by atoms with van der Waals surface area (Å²) < 4.78 is 44.7. The van der Waals surface area contributed by atoms with Gasteiger partial charge in [0.25, 0.3) is 0 Å². The van der Waals surface area contributed by atoms with Gasteiger partial charge < -0.3 is 9.47 Å². The number of alkyl halides is 3. The van der Waals surface area contributed by atoms with Gasteiger partial charge in [0.05, 0.1) is 7.11 Å². The van der Waals surface area contributed by atoms with E-state index >= 15 is 0 Å². The highest BCUT2D eigenvalue weighted by atomic mass is 19.4. The number of hydrogen-bond acceptors (Lipinski definition) is 4. The van der Waals surface area contributed by atoms with E-state index < -0.39 is 30.9 Å². The van der Waals surface area contributed by atoms with Crippen LogP contribution in [-0.4, -0.2) is 49.9 Å². The monoisotopic (exact) mass is 285 g/mol. The van der Waals surface area contributed by atoms with Crippen LogP contribution in [0.3, 0.4) is 0 Å². The third-order valence-electron chi connectivity index (χ3n) is 2.68. The topological polar surface area (TPSA) is 55.8 Å². The summed E-state index contributed by atoms with van der Waals surface area (Å²) in [6.45, 7) is 1.71. The van der Waals surface area contributed by atoms with Gasteiger partial charge in [0.15, 0.2) is 6.61 Å². The summed E-state index contributed by atoms with van der Waals surface area (Å²) in [7, 11) is 2.39. The largest absolute Gasteiger partial charge is 0.454 e. The maximum atomic E-state index is 12.0. The molecule has 0 fully saturated rings. The van der Waals surface area contributed by atoms with Gasteiger partial charge in [-0.3, -0.25) is 4.90 Å². The molecule has 112 valence electrons. The third-order valence-corrected chi connectivity index (χ3v) is 2.68. The van der Waals surface area contributed by atoms with Crippen molar-refractivity contribution in [3.8, 4) is 0 Å². The molecule has 0 rings (SSSR count). The molecule has 5 nitrogen and oxygen atoms in total. The predicted octanol–water partition coefficient (Wildman–Crippen LogP) is 2.20. The smallest absolute Gasteiger partial charge is 0.422 e. The lowest BCUT2D eigenvalue weighted by molar-refractivity contribution is -0.190. The van der Waals surface area contributed by atoms with E-state index in [0.717, 1.165) is 12.0 Å². The van der Waals surface area contributed by atoms with E-state index in [-0.39, 0.29) is 5.92 Å². The Morgan fingerprint density at radius 2 is 1.84 bits per heavy atom. The van der Waals surface area contributed by atoms with Crippen molar-refractivity contribution in [2.45, 2.75) is 32.5 Å². The SMILES string of the molecule is CCC(C)C(C(=O)OCC(F)(F)F)N(C)C(=O)OC. The fourth-order valence-electron chi connectivity index (χ4n) is 1.49. The number of rotatable bonds is 5. The average molecular weight is 285 g/mol. The standard InChI is InChI=1S/C11H18F3NO4/c1-5-7(2)8(15(3)10(17)18-4)9(16)19-6-11(12,13)14/h7-8H,5-6H2,1-4H3. The molecule has 1 amide bonds. The number of esters is 1. The van der Waals surface area contributed by atoms with Crippen LogP contribution in [0.4, 0.5) is 18.0 Å². The highest BCUT2D eigenvalue weighted by Crippen LogP contribution is 2.19. The Balaban J connectivity index is 4.85. The van der Waals surface area contributed by atoms with E-state index in [0.29, 0.717) is 6.42 Å². The number of likely N-dealkylation sites (N-methyl/N-ethyl adjacent to an activating group) is 1. The minimum Gasteiger partial charge on any atom is -0.454 e. The van der Waals surface area contributed by atoms with Crippen LogP contribution in [0.15, 0.2) is 0 Å². The van der Waals surface area contributed by atoms with Crippen molar-refractivity contribution >= 4 is 12.1 Å². The normalized spacial score (nSPS) is 14.5. The van der Waals surface area contributed by atoms with Gasteiger partial charge >= 0.3 is 18.2 Å². The molecule has 0 saturated heterocycles. The van der Waals surface area contributed by atoms with E-state index in [9.17, 15) is 22.8 Å². The van der Waals surface area contributed by atoms with Gasteiger partial charge in [-0.25, -0.2) is 9.59 Å². The highest BCUT2D eigenvalue weighted by molar-refractivity contribution is 5.81. The summed E-state index contributed by atoms with van der Waals surface area (Å²) in [5, 5.41) is 0. The molecule has 8 heteroatoms. The molecule has 0 aliphatic heterocycles. The Morgan fingerprint density at radius 1 is 1.32 bits per heavy atom. The first kappa shape index (κ1) is 17.5. The number of halogens is 3. The molecule has 0 aliphatic rings. The molecule has 0 radical (unpaired) electrons. The zero-order valence-corrected chi connectivity index (χ0v) is 11.3.